The topological polar surface area (TPSA) is 28.3 Å². The van der Waals surface area contributed by atoms with Crippen LogP contribution in [0.2, 0.25) is 0 Å². The second-order valence-electron chi connectivity index (χ2n) is 6.19. The highest BCUT2D eigenvalue weighted by Crippen LogP contribution is 2.30. The van der Waals surface area contributed by atoms with Crippen molar-refractivity contribution in [2.24, 2.45) is 0 Å². The molecule has 0 bridgehead atoms. The molecular weight excluding hydrogens is 284 g/mol. The highest BCUT2D eigenvalue weighted by atomic mass is 16.5. The molecule has 1 aromatic heterocycles. The molecule has 4 rings (SSSR count). The summed E-state index contributed by atoms with van der Waals surface area (Å²) in [6.07, 6.45) is 2.00. The van der Waals surface area contributed by atoms with Gasteiger partial charge in [0, 0.05) is 36.2 Å². The molecule has 0 amide bonds. The Labute approximate surface area is 136 Å². The van der Waals surface area contributed by atoms with E-state index in [2.05, 4.69) is 65.3 Å². The average Bonchev–Trinajstić information content (AvgIpc) is 3.11. The molecule has 3 nitrogen and oxygen atoms in total. The van der Waals surface area contributed by atoms with Gasteiger partial charge < -0.3 is 9.72 Å². The first-order valence-electron chi connectivity index (χ1n) is 8.31. The lowest BCUT2D eigenvalue weighted by Crippen LogP contribution is -2.37. The van der Waals surface area contributed by atoms with Gasteiger partial charge in [-0.05, 0) is 35.7 Å². The van der Waals surface area contributed by atoms with Crippen molar-refractivity contribution in [3.8, 4) is 11.1 Å². The quantitative estimate of drug-likeness (QED) is 0.784. The van der Waals surface area contributed by atoms with Gasteiger partial charge in [-0.2, -0.15) is 0 Å². The smallest absolute Gasteiger partial charge is 0.0594 e. The maximum absolute atomic E-state index is 5.45. The molecule has 2 heterocycles. The Kier molecular flexibility index (Phi) is 3.90. The molecule has 3 heteroatoms. The molecule has 1 atom stereocenters. The minimum Gasteiger partial charge on any atom is -0.379 e. The summed E-state index contributed by atoms with van der Waals surface area (Å²) in [5.41, 5.74) is 5.12. The molecule has 1 N–H and O–H groups in total. The summed E-state index contributed by atoms with van der Waals surface area (Å²) in [7, 11) is 0. The van der Waals surface area contributed by atoms with E-state index in [-0.39, 0.29) is 0 Å². The number of fused-ring (bicyclic) bond motifs is 1. The number of aromatic amines is 1. The number of hydrogen-bond donors (Lipinski definition) is 1. The molecule has 1 fully saturated rings. The summed E-state index contributed by atoms with van der Waals surface area (Å²) in [6.45, 7) is 6.01. The van der Waals surface area contributed by atoms with Crippen molar-refractivity contribution in [1.29, 1.82) is 0 Å². The highest BCUT2D eigenvalue weighted by Gasteiger charge is 2.18. The van der Waals surface area contributed by atoms with E-state index in [0.29, 0.717) is 6.04 Å². The van der Waals surface area contributed by atoms with E-state index in [1.165, 1.54) is 27.6 Å². The van der Waals surface area contributed by atoms with E-state index in [0.717, 1.165) is 26.3 Å². The number of aromatic nitrogens is 1. The monoisotopic (exact) mass is 306 g/mol. The van der Waals surface area contributed by atoms with Crippen molar-refractivity contribution in [1.82, 2.24) is 9.88 Å². The number of benzene rings is 2. The van der Waals surface area contributed by atoms with Crippen molar-refractivity contribution in [3.63, 3.8) is 0 Å². The molecule has 0 radical (unpaired) electrons. The highest BCUT2D eigenvalue weighted by molar-refractivity contribution is 5.95. The Bertz CT molecular complexity index is 785. The van der Waals surface area contributed by atoms with E-state index in [1.807, 2.05) is 6.20 Å². The number of ether oxygens (including phenoxy) is 1. The third-order valence-electron chi connectivity index (χ3n) is 4.89. The summed E-state index contributed by atoms with van der Waals surface area (Å²) < 4.78 is 5.45. The molecule has 0 spiro atoms. The van der Waals surface area contributed by atoms with Crippen molar-refractivity contribution in [2.75, 3.05) is 26.3 Å². The predicted octanol–water partition coefficient (Wildman–Crippen LogP) is 4.23. The van der Waals surface area contributed by atoms with Crippen LogP contribution < -0.4 is 0 Å². The Morgan fingerprint density at radius 2 is 1.78 bits per heavy atom. The van der Waals surface area contributed by atoms with Crippen molar-refractivity contribution in [3.05, 3.63) is 60.3 Å². The van der Waals surface area contributed by atoms with Gasteiger partial charge in [0.15, 0.2) is 0 Å². The Morgan fingerprint density at radius 1 is 1.00 bits per heavy atom. The zero-order chi connectivity index (χ0) is 15.6. The molecule has 0 unspecified atom stereocenters. The normalized spacial score (nSPS) is 17.4. The van der Waals surface area contributed by atoms with Crippen LogP contribution in [0.1, 0.15) is 18.5 Å². The lowest BCUT2D eigenvalue weighted by Gasteiger charge is -2.32. The molecule has 2 aromatic carbocycles. The van der Waals surface area contributed by atoms with Gasteiger partial charge in [-0.3, -0.25) is 4.90 Å². The van der Waals surface area contributed by atoms with Gasteiger partial charge in [0.2, 0.25) is 0 Å². The molecule has 1 saturated heterocycles. The number of hydrogen-bond acceptors (Lipinski definition) is 2. The zero-order valence-corrected chi connectivity index (χ0v) is 13.5. The molecular formula is C20H22N2O. The fourth-order valence-corrected chi connectivity index (χ4v) is 3.45. The maximum atomic E-state index is 5.45. The van der Waals surface area contributed by atoms with E-state index in [9.17, 15) is 0 Å². The minimum atomic E-state index is 0.441. The van der Waals surface area contributed by atoms with Crippen LogP contribution in [0.4, 0.5) is 0 Å². The molecule has 0 aliphatic carbocycles. The van der Waals surface area contributed by atoms with Crippen LogP contribution in [-0.4, -0.2) is 36.2 Å². The first kappa shape index (κ1) is 14.5. The summed E-state index contributed by atoms with van der Waals surface area (Å²) in [6, 6.07) is 18.0. The second kappa shape index (κ2) is 6.19. The summed E-state index contributed by atoms with van der Waals surface area (Å²) in [5.74, 6) is 0. The summed E-state index contributed by atoms with van der Waals surface area (Å²) >= 11 is 0. The first-order chi connectivity index (χ1) is 11.3. The summed E-state index contributed by atoms with van der Waals surface area (Å²) in [5, 5.41) is 1.28. The maximum Gasteiger partial charge on any atom is 0.0594 e. The molecule has 1 aliphatic rings. The second-order valence-corrected chi connectivity index (χ2v) is 6.19. The van der Waals surface area contributed by atoms with E-state index >= 15 is 0 Å². The Balaban J connectivity index is 1.61. The number of morpholine rings is 1. The fourth-order valence-electron chi connectivity index (χ4n) is 3.45. The summed E-state index contributed by atoms with van der Waals surface area (Å²) in [4.78, 5) is 5.78. The molecule has 3 aromatic rings. The lowest BCUT2D eigenvalue weighted by molar-refractivity contribution is 0.0198. The van der Waals surface area contributed by atoms with Crippen LogP contribution in [0.15, 0.2) is 54.7 Å². The van der Waals surface area contributed by atoms with E-state index in [4.69, 9.17) is 4.74 Å². The third-order valence-corrected chi connectivity index (χ3v) is 4.89. The van der Waals surface area contributed by atoms with E-state index < -0.39 is 0 Å². The van der Waals surface area contributed by atoms with Crippen LogP contribution in [-0.2, 0) is 4.74 Å². The number of nitrogens with one attached hydrogen (secondary N) is 1. The van der Waals surface area contributed by atoms with Crippen LogP contribution in [0, 0.1) is 0 Å². The molecule has 118 valence electrons. The predicted molar refractivity (Wildman–Crippen MR) is 94.5 cm³/mol. The SMILES string of the molecule is C[C@@H](c1ccc(-c2cccc3[nH]ccc23)cc1)N1CCOCC1. The van der Waals surface area contributed by atoms with Crippen molar-refractivity contribution in [2.45, 2.75) is 13.0 Å². The van der Waals surface area contributed by atoms with Gasteiger partial charge in [0.05, 0.1) is 13.2 Å². The van der Waals surface area contributed by atoms with Gasteiger partial charge >= 0.3 is 0 Å². The van der Waals surface area contributed by atoms with Crippen molar-refractivity contribution < 1.29 is 4.74 Å². The molecule has 1 aliphatic heterocycles. The van der Waals surface area contributed by atoms with Gasteiger partial charge in [-0.1, -0.05) is 36.4 Å². The third kappa shape index (κ3) is 2.78. The number of H-pyrrole nitrogens is 1. The number of nitrogens with zero attached hydrogens (tertiary/aromatic N) is 1. The minimum absolute atomic E-state index is 0.441. The van der Waals surface area contributed by atoms with Gasteiger partial charge in [-0.15, -0.1) is 0 Å². The average molecular weight is 306 g/mol. The Hall–Kier alpha value is -2.10. The van der Waals surface area contributed by atoms with Gasteiger partial charge in [-0.25, -0.2) is 0 Å². The van der Waals surface area contributed by atoms with Gasteiger partial charge in [0.1, 0.15) is 0 Å². The van der Waals surface area contributed by atoms with Crippen LogP contribution in [0.5, 0.6) is 0 Å². The van der Waals surface area contributed by atoms with Crippen molar-refractivity contribution >= 4 is 10.9 Å². The van der Waals surface area contributed by atoms with Gasteiger partial charge in [0.25, 0.3) is 0 Å². The number of rotatable bonds is 3. The van der Waals surface area contributed by atoms with Crippen LogP contribution in [0.3, 0.4) is 0 Å². The standard InChI is InChI=1S/C20H22N2O/c1-15(22-11-13-23-14-12-22)16-5-7-17(8-6-16)18-3-2-4-20-19(18)9-10-21-20/h2-10,15,21H,11-14H2,1H3/t15-/m0/s1. The first-order valence-corrected chi connectivity index (χ1v) is 8.31. The Morgan fingerprint density at radius 3 is 2.57 bits per heavy atom. The van der Waals surface area contributed by atoms with Crippen LogP contribution in [0.25, 0.3) is 22.0 Å². The fraction of sp³-hybridized carbons (Fsp3) is 0.300. The zero-order valence-electron chi connectivity index (χ0n) is 13.5. The lowest BCUT2D eigenvalue weighted by atomic mass is 9.98. The largest absolute Gasteiger partial charge is 0.379 e. The molecule has 0 saturated carbocycles. The molecule has 23 heavy (non-hydrogen) atoms. The van der Waals surface area contributed by atoms with Crippen LogP contribution >= 0.6 is 0 Å². The van der Waals surface area contributed by atoms with E-state index in [1.54, 1.807) is 0 Å².